The molecule has 8 heteroatoms. The molecule has 0 spiro atoms. The van der Waals surface area contributed by atoms with Crippen LogP contribution in [0.3, 0.4) is 0 Å². The molecule has 2 rings (SSSR count). The van der Waals surface area contributed by atoms with E-state index >= 15 is 0 Å². The fraction of sp³-hybridized carbons (Fsp3) is 0.235. The first kappa shape index (κ1) is 18.5. The second kappa shape index (κ2) is 9.48. The molecule has 0 atom stereocenters. The van der Waals surface area contributed by atoms with E-state index in [-0.39, 0.29) is 18.0 Å². The fourth-order valence-electron chi connectivity index (χ4n) is 2.07. The van der Waals surface area contributed by atoms with Crippen LogP contribution in [0.4, 0.5) is 11.4 Å². The number of nitro benzene ring substituents is 1. The Bertz CT molecular complexity index is 722. The molecule has 0 saturated heterocycles. The molecule has 0 unspecified atom stereocenters. The molecular formula is C17H18ClN3O4. The van der Waals surface area contributed by atoms with E-state index in [4.69, 9.17) is 16.3 Å². The van der Waals surface area contributed by atoms with Gasteiger partial charge in [0.1, 0.15) is 18.0 Å². The van der Waals surface area contributed by atoms with Crippen LogP contribution in [0.25, 0.3) is 0 Å². The summed E-state index contributed by atoms with van der Waals surface area (Å²) in [5.41, 5.74) is 0.380. The summed E-state index contributed by atoms with van der Waals surface area (Å²) in [6, 6.07) is 13.3. The number of hydrogen-bond donors (Lipinski definition) is 2. The van der Waals surface area contributed by atoms with Gasteiger partial charge in [-0.25, -0.2) is 0 Å². The molecule has 0 fully saturated rings. The zero-order valence-electron chi connectivity index (χ0n) is 13.4. The Morgan fingerprint density at radius 3 is 2.56 bits per heavy atom. The standard InChI is InChI=1S/C17H18ClN3O4/c18-13-5-7-14(8-6-13)25-12-11-20-17(22)9-10-19-15-3-1-2-4-16(15)21(23)24/h1-8,19H,9-12H2,(H,20,22). The van der Waals surface area contributed by atoms with Gasteiger partial charge in [-0.1, -0.05) is 23.7 Å². The lowest BCUT2D eigenvalue weighted by Gasteiger charge is -2.09. The maximum atomic E-state index is 11.8. The maximum Gasteiger partial charge on any atom is 0.292 e. The van der Waals surface area contributed by atoms with E-state index in [1.165, 1.54) is 6.07 Å². The third-order valence-electron chi connectivity index (χ3n) is 3.27. The van der Waals surface area contributed by atoms with E-state index in [9.17, 15) is 14.9 Å². The number of amides is 1. The van der Waals surface area contributed by atoms with E-state index in [1.54, 1.807) is 42.5 Å². The topological polar surface area (TPSA) is 93.5 Å². The van der Waals surface area contributed by atoms with Crippen LogP contribution in [-0.2, 0) is 4.79 Å². The van der Waals surface area contributed by atoms with Crippen molar-refractivity contribution in [1.82, 2.24) is 5.32 Å². The minimum atomic E-state index is -0.462. The monoisotopic (exact) mass is 363 g/mol. The Labute approximate surface area is 150 Å². The Hall–Kier alpha value is -2.80. The highest BCUT2D eigenvalue weighted by Gasteiger charge is 2.11. The number of halogens is 1. The molecular weight excluding hydrogens is 346 g/mol. The number of anilines is 1. The van der Waals surface area contributed by atoms with Crippen molar-refractivity contribution in [2.45, 2.75) is 6.42 Å². The lowest BCUT2D eigenvalue weighted by atomic mass is 10.2. The Morgan fingerprint density at radius 1 is 1.12 bits per heavy atom. The number of ether oxygens (including phenoxy) is 1. The second-order valence-electron chi connectivity index (χ2n) is 5.10. The molecule has 2 aromatic rings. The van der Waals surface area contributed by atoms with Crippen molar-refractivity contribution < 1.29 is 14.5 Å². The van der Waals surface area contributed by atoms with Gasteiger partial charge < -0.3 is 15.4 Å². The van der Waals surface area contributed by atoms with Gasteiger partial charge in [0, 0.05) is 24.1 Å². The Balaban J connectivity index is 1.64. The zero-order chi connectivity index (χ0) is 18.1. The summed E-state index contributed by atoms with van der Waals surface area (Å²) < 4.78 is 5.46. The van der Waals surface area contributed by atoms with Crippen LogP contribution in [0.1, 0.15) is 6.42 Å². The molecule has 132 valence electrons. The van der Waals surface area contributed by atoms with Crippen molar-refractivity contribution in [3.8, 4) is 5.75 Å². The lowest BCUT2D eigenvalue weighted by molar-refractivity contribution is -0.384. The second-order valence-corrected chi connectivity index (χ2v) is 5.54. The van der Waals surface area contributed by atoms with Gasteiger partial charge >= 0.3 is 0 Å². The van der Waals surface area contributed by atoms with E-state index in [0.717, 1.165) is 0 Å². The zero-order valence-corrected chi connectivity index (χ0v) is 14.2. The number of hydrogen-bond acceptors (Lipinski definition) is 5. The average Bonchev–Trinajstić information content (AvgIpc) is 2.60. The number of benzene rings is 2. The molecule has 0 aliphatic rings. The van der Waals surface area contributed by atoms with Crippen LogP contribution < -0.4 is 15.4 Å². The molecule has 2 N–H and O–H groups in total. The van der Waals surface area contributed by atoms with Crippen molar-refractivity contribution >= 4 is 28.9 Å². The first-order valence-corrected chi connectivity index (χ1v) is 8.06. The van der Waals surface area contributed by atoms with Crippen LogP contribution in [0.5, 0.6) is 5.75 Å². The predicted molar refractivity (Wildman–Crippen MR) is 96.2 cm³/mol. The third kappa shape index (κ3) is 6.31. The number of carbonyl (C=O) groups excluding carboxylic acids is 1. The number of nitrogens with one attached hydrogen (secondary N) is 2. The van der Waals surface area contributed by atoms with Crippen LogP contribution in [0.2, 0.25) is 5.02 Å². The van der Waals surface area contributed by atoms with Gasteiger partial charge in [0.15, 0.2) is 0 Å². The molecule has 0 radical (unpaired) electrons. The van der Waals surface area contributed by atoms with Crippen LogP contribution in [0, 0.1) is 10.1 Å². The van der Waals surface area contributed by atoms with E-state index in [2.05, 4.69) is 10.6 Å². The van der Waals surface area contributed by atoms with E-state index < -0.39 is 4.92 Å². The highest BCUT2D eigenvalue weighted by atomic mass is 35.5. The predicted octanol–water partition coefficient (Wildman–Crippen LogP) is 3.25. The lowest BCUT2D eigenvalue weighted by Crippen LogP contribution is -2.29. The van der Waals surface area contributed by atoms with Crippen molar-refractivity contribution in [2.24, 2.45) is 0 Å². The first-order chi connectivity index (χ1) is 12.1. The normalized spacial score (nSPS) is 10.1. The number of rotatable bonds is 9. The summed E-state index contributed by atoms with van der Waals surface area (Å²) in [5, 5.41) is 17.1. The number of carbonyl (C=O) groups is 1. The van der Waals surface area contributed by atoms with Gasteiger partial charge in [-0.15, -0.1) is 0 Å². The largest absolute Gasteiger partial charge is 0.492 e. The van der Waals surface area contributed by atoms with Crippen LogP contribution >= 0.6 is 11.6 Å². The number of nitrogens with zero attached hydrogens (tertiary/aromatic N) is 1. The quantitative estimate of drug-likeness (QED) is 0.405. The maximum absolute atomic E-state index is 11.8. The van der Waals surface area contributed by atoms with Gasteiger partial charge in [-0.3, -0.25) is 14.9 Å². The summed E-state index contributed by atoms with van der Waals surface area (Å²) in [6.07, 6.45) is 0.201. The van der Waals surface area contributed by atoms with Crippen molar-refractivity contribution in [2.75, 3.05) is 25.0 Å². The average molecular weight is 364 g/mol. The smallest absolute Gasteiger partial charge is 0.292 e. The van der Waals surface area contributed by atoms with E-state index in [0.29, 0.717) is 36.2 Å². The molecule has 25 heavy (non-hydrogen) atoms. The van der Waals surface area contributed by atoms with Crippen LogP contribution in [0.15, 0.2) is 48.5 Å². The number of nitro groups is 1. The fourth-order valence-corrected chi connectivity index (χ4v) is 2.20. The van der Waals surface area contributed by atoms with Gasteiger partial charge in [0.05, 0.1) is 11.5 Å². The summed E-state index contributed by atoms with van der Waals surface area (Å²) >= 11 is 5.78. The van der Waals surface area contributed by atoms with Crippen molar-refractivity contribution in [1.29, 1.82) is 0 Å². The summed E-state index contributed by atoms with van der Waals surface area (Å²) in [4.78, 5) is 22.2. The van der Waals surface area contributed by atoms with Crippen molar-refractivity contribution in [3.05, 3.63) is 63.7 Å². The van der Waals surface area contributed by atoms with Gasteiger partial charge in [-0.2, -0.15) is 0 Å². The molecule has 0 aliphatic carbocycles. The van der Waals surface area contributed by atoms with Crippen LogP contribution in [-0.4, -0.2) is 30.5 Å². The molecule has 1 amide bonds. The number of para-hydroxylation sites is 2. The Kier molecular flexibility index (Phi) is 7.03. The van der Waals surface area contributed by atoms with Gasteiger partial charge in [-0.05, 0) is 30.3 Å². The molecule has 0 bridgehead atoms. The minimum absolute atomic E-state index is 0.0146. The summed E-state index contributed by atoms with van der Waals surface area (Å²) in [6.45, 7) is 1.01. The molecule has 0 aliphatic heterocycles. The minimum Gasteiger partial charge on any atom is -0.492 e. The first-order valence-electron chi connectivity index (χ1n) is 7.68. The van der Waals surface area contributed by atoms with Crippen molar-refractivity contribution in [3.63, 3.8) is 0 Å². The summed E-state index contributed by atoms with van der Waals surface area (Å²) in [5.74, 6) is 0.516. The molecule has 7 nitrogen and oxygen atoms in total. The molecule has 0 heterocycles. The van der Waals surface area contributed by atoms with Gasteiger partial charge in [0.2, 0.25) is 5.91 Å². The highest BCUT2D eigenvalue weighted by Crippen LogP contribution is 2.22. The summed E-state index contributed by atoms with van der Waals surface area (Å²) in [7, 11) is 0. The molecule has 2 aromatic carbocycles. The highest BCUT2D eigenvalue weighted by molar-refractivity contribution is 6.30. The molecule has 0 saturated carbocycles. The van der Waals surface area contributed by atoms with Gasteiger partial charge in [0.25, 0.3) is 5.69 Å². The third-order valence-corrected chi connectivity index (χ3v) is 3.53. The Morgan fingerprint density at radius 2 is 1.84 bits per heavy atom. The van der Waals surface area contributed by atoms with E-state index in [1.807, 2.05) is 0 Å². The molecule has 0 aromatic heterocycles. The SMILES string of the molecule is O=C(CCNc1ccccc1[N+](=O)[O-])NCCOc1ccc(Cl)cc1.